The van der Waals surface area contributed by atoms with Gasteiger partial charge >= 0.3 is 6.09 Å². The second-order valence-corrected chi connectivity index (χ2v) is 13.8. The van der Waals surface area contributed by atoms with Crippen LogP contribution in [0.3, 0.4) is 0 Å². The molecule has 0 bridgehead atoms. The molecule has 1 rings (SSSR count). The Bertz CT molecular complexity index is 400. The third-order valence-corrected chi connectivity index (χ3v) is 9.18. The van der Waals surface area contributed by atoms with E-state index in [1.54, 1.807) is 4.90 Å². The molecule has 1 N–H and O–H groups in total. The summed E-state index contributed by atoms with van der Waals surface area (Å²) in [6, 6.07) is 0.338. The highest BCUT2D eigenvalue weighted by Gasteiger charge is 2.37. The molecule has 1 fully saturated rings. The molecule has 0 unspecified atom stereocenters. The molecule has 1 aliphatic heterocycles. The van der Waals surface area contributed by atoms with Gasteiger partial charge in [-0.25, -0.2) is 4.79 Å². The van der Waals surface area contributed by atoms with Crippen LogP contribution in [0.5, 0.6) is 0 Å². The molecular weight excluding hydrogens is 308 g/mol. The molecular formula is C17H36N2O3Si. The summed E-state index contributed by atoms with van der Waals surface area (Å²) in [6.07, 6.45) is 0.763. The molecule has 1 aliphatic rings. The zero-order valence-electron chi connectivity index (χ0n) is 16.3. The van der Waals surface area contributed by atoms with Crippen molar-refractivity contribution in [2.45, 2.75) is 77.7 Å². The highest BCUT2D eigenvalue weighted by atomic mass is 28.4. The lowest BCUT2D eigenvalue weighted by Gasteiger charge is -2.36. The molecule has 1 amide bonds. The average molecular weight is 345 g/mol. The smallest absolute Gasteiger partial charge is 0.410 e. The van der Waals surface area contributed by atoms with Crippen LogP contribution in [0.4, 0.5) is 4.79 Å². The Morgan fingerprint density at radius 3 is 2.35 bits per heavy atom. The third kappa shape index (κ3) is 6.81. The Morgan fingerprint density at radius 2 is 1.83 bits per heavy atom. The molecule has 6 heteroatoms. The van der Waals surface area contributed by atoms with Crippen molar-refractivity contribution in [3.63, 3.8) is 0 Å². The van der Waals surface area contributed by atoms with Gasteiger partial charge in [0.2, 0.25) is 0 Å². The standard InChI is InChI=1S/C17H36N2O3Si/c1-16(2,3)22-15(20)19-11-9-14(13-19)18-10-12-21-23(7,8)17(4,5)6/h14,18H,9-13H2,1-8H3/t14-/m1/s1. The van der Waals surface area contributed by atoms with Crippen molar-refractivity contribution in [2.24, 2.45) is 0 Å². The number of carbonyl (C=O) groups excluding carboxylic acids is 1. The number of hydrogen-bond donors (Lipinski definition) is 1. The van der Waals surface area contributed by atoms with E-state index in [9.17, 15) is 4.79 Å². The zero-order chi connectivity index (χ0) is 17.9. The number of nitrogens with zero attached hydrogens (tertiary/aromatic N) is 1. The molecule has 0 aliphatic carbocycles. The Kier molecular flexibility index (Phi) is 6.70. The van der Waals surface area contributed by atoms with Crippen molar-refractivity contribution in [1.82, 2.24) is 10.2 Å². The van der Waals surface area contributed by atoms with Crippen LogP contribution in [-0.2, 0) is 9.16 Å². The van der Waals surface area contributed by atoms with Crippen molar-refractivity contribution in [3.05, 3.63) is 0 Å². The zero-order valence-corrected chi connectivity index (χ0v) is 17.3. The second kappa shape index (κ2) is 7.53. The van der Waals surface area contributed by atoms with E-state index in [-0.39, 0.29) is 11.1 Å². The summed E-state index contributed by atoms with van der Waals surface area (Å²) < 4.78 is 11.6. The fraction of sp³-hybridized carbons (Fsp3) is 0.941. The number of rotatable bonds is 5. The number of likely N-dealkylation sites (tertiary alicyclic amines) is 1. The van der Waals surface area contributed by atoms with Gasteiger partial charge in [-0.2, -0.15) is 0 Å². The summed E-state index contributed by atoms with van der Waals surface area (Å²) >= 11 is 0. The van der Waals surface area contributed by atoms with E-state index in [4.69, 9.17) is 9.16 Å². The van der Waals surface area contributed by atoms with Gasteiger partial charge in [0, 0.05) is 32.3 Å². The number of ether oxygens (including phenoxy) is 1. The van der Waals surface area contributed by atoms with Crippen LogP contribution in [0.1, 0.15) is 48.0 Å². The molecule has 0 aromatic heterocycles. The molecule has 0 aromatic rings. The quantitative estimate of drug-likeness (QED) is 0.611. The van der Waals surface area contributed by atoms with E-state index in [1.165, 1.54) is 0 Å². The van der Waals surface area contributed by atoms with E-state index in [0.29, 0.717) is 6.04 Å². The summed E-state index contributed by atoms with van der Waals surface area (Å²) in [5.74, 6) is 0. The lowest BCUT2D eigenvalue weighted by molar-refractivity contribution is 0.0291. The summed E-state index contributed by atoms with van der Waals surface area (Å²) in [4.78, 5) is 13.8. The van der Waals surface area contributed by atoms with Crippen LogP contribution in [0.2, 0.25) is 18.1 Å². The third-order valence-electron chi connectivity index (χ3n) is 4.64. The van der Waals surface area contributed by atoms with Gasteiger partial charge in [0.15, 0.2) is 8.32 Å². The normalized spacial score (nSPS) is 20.0. The minimum absolute atomic E-state index is 0.209. The van der Waals surface area contributed by atoms with Crippen LogP contribution >= 0.6 is 0 Å². The number of carbonyl (C=O) groups is 1. The van der Waals surface area contributed by atoms with E-state index < -0.39 is 13.9 Å². The fourth-order valence-electron chi connectivity index (χ4n) is 2.20. The fourth-order valence-corrected chi connectivity index (χ4v) is 3.25. The highest BCUT2D eigenvalue weighted by Crippen LogP contribution is 2.36. The molecule has 136 valence electrons. The Hall–Kier alpha value is -0.593. The molecule has 0 spiro atoms. The topological polar surface area (TPSA) is 50.8 Å². The predicted octanol–water partition coefficient (Wildman–Crippen LogP) is 3.61. The van der Waals surface area contributed by atoms with Crippen LogP contribution in [0.15, 0.2) is 0 Å². The highest BCUT2D eigenvalue weighted by molar-refractivity contribution is 6.74. The lowest BCUT2D eigenvalue weighted by atomic mass is 10.2. The van der Waals surface area contributed by atoms with E-state index in [1.807, 2.05) is 20.8 Å². The van der Waals surface area contributed by atoms with Crippen molar-refractivity contribution in [3.8, 4) is 0 Å². The monoisotopic (exact) mass is 344 g/mol. The first kappa shape index (κ1) is 20.5. The summed E-state index contributed by atoms with van der Waals surface area (Å²) in [5, 5.41) is 3.75. The van der Waals surface area contributed by atoms with Gasteiger partial charge in [0.05, 0.1) is 0 Å². The molecule has 1 atom stereocenters. The van der Waals surface area contributed by atoms with Crippen molar-refractivity contribution < 1.29 is 14.0 Å². The van der Waals surface area contributed by atoms with Crippen molar-refractivity contribution in [2.75, 3.05) is 26.2 Å². The summed E-state index contributed by atoms with van der Waals surface area (Å²) in [5.41, 5.74) is -0.431. The van der Waals surface area contributed by atoms with E-state index in [0.717, 1.165) is 32.7 Å². The first-order valence-electron chi connectivity index (χ1n) is 8.67. The first-order chi connectivity index (χ1) is 10.3. The Morgan fingerprint density at radius 1 is 1.22 bits per heavy atom. The predicted molar refractivity (Wildman–Crippen MR) is 97.4 cm³/mol. The van der Waals surface area contributed by atoms with Crippen molar-refractivity contribution in [1.29, 1.82) is 0 Å². The largest absolute Gasteiger partial charge is 0.444 e. The van der Waals surface area contributed by atoms with Gasteiger partial charge in [-0.15, -0.1) is 0 Å². The number of hydrogen-bond acceptors (Lipinski definition) is 4. The van der Waals surface area contributed by atoms with E-state index >= 15 is 0 Å². The van der Waals surface area contributed by atoms with Crippen molar-refractivity contribution >= 4 is 14.4 Å². The summed E-state index contributed by atoms with van der Waals surface area (Å²) in [6.45, 7) is 20.0. The van der Waals surface area contributed by atoms with Crippen LogP contribution in [0.25, 0.3) is 0 Å². The van der Waals surface area contributed by atoms with Crippen LogP contribution < -0.4 is 5.32 Å². The number of nitrogens with one attached hydrogen (secondary N) is 1. The molecule has 1 saturated heterocycles. The number of amides is 1. The molecule has 0 saturated carbocycles. The molecule has 5 nitrogen and oxygen atoms in total. The maximum absolute atomic E-state index is 12.0. The second-order valence-electron chi connectivity index (χ2n) is 8.97. The van der Waals surface area contributed by atoms with Gasteiger partial charge < -0.3 is 19.4 Å². The molecule has 23 heavy (non-hydrogen) atoms. The average Bonchev–Trinajstić information content (AvgIpc) is 2.80. The van der Waals surface area contributed by atoms with Gasteiger partial charge in [-0.3, -0.25) is 0 Å². The molecule has 1 heterocycles. The Balaban J connectivity index is 2.27. The maximum atomic E-state index is 12.0. The van der Waals surface area contributed by atoms with Crippen LogP contribution in [0, 0.1) is 0 Å². The molecule has 0 aromatic carbocycles. The SMILES string of the molecule is CC(C)(C)OC(=O)N1CC[C@@H](NCCO[Si](C)(C)C(C)(C)C)C1. The summed E-state index contributed by atoms with van der Waals surface area (Å²) in [7, 11) is -1.66. The minimum Gasteiger partial charge on any atom is -0.444 e. The van der Waals surface area contributed by atoms with E-state index in [2.05, 4.69) is 39.2 Å². The Labute approximate surface area is 143 Å². The minimum atomic E-state index is -1.66. The van der Waals surface area contributed by atoms with Gasteiger partial charge in [-0.1, -0.05) is 20.8 Å². The van der Waals surface area contributed by atoms with Gasteiger partial charge in [-0.05, 0) is 45.3 Å². The maximum Gasteiger partial charge on any atom is 0.410 e. The lowest BCUT2D eigenvalue weighted by Crippen LogP contribution is -2.43. The molecule has 0 radical (unpaired) electrons. The van der Waals surface area contributed by atoms with Crippen LogP contribution in [-0.4, -0.2) is 57.2 Å². The first-order valence-corrected chi connectivity index (χ1v) is 11.6. The van der Waals surface area contributed by atoms with Gasteiger partial charge in [0.25, 0.3) is 0 Å². The van der Waals surface area contributed by atoms with Gasteiger partial charge in [0.1, 0.15) is 5.60 Å².